The molecule has 4 rings (SSSR count). The molecule has 0 fully saturated rings. The van der Waals surface area contributed by atoms with Crippen molar-refractivity contribution in [2.45, 2.75) is 18.0 Å². The Morgan fingerprint density at radius 1 is 0.892 bits per heavy atom. The van der Waals surface area contributed by atoms with Crippen LogP contribution in [0.15, 0.2) is 94.4 Å². The summed E-state index contributed by atoms with van der Waals surface area (Å²) in [4.78, 5) is 14.7. The molecule has 0 aliphatic carbocycles. The van der Waals surface area contributed by atoms with E-state index in [2.05, 4.69) is 0 Å². The number of ether oxygens (including phenoxy) is 2. The number of hydrogen-bond donors (Lipinski definition) is 0. The molecule has 1 aromatic heterocycles. The molecule has 0 spiro atoms. The van der Waals surface area contributed by atoms with Gasteiger partial charge in [0.25, 0.3) is 5.91 Å². The van der Waals surface area contributed by atoms with E-state index in [1.807, 2.05) is 0 Å². The first-order chi connectivity index (χ1) is 17.8. The number of carbonyl (C=O) groups excluding carboxylic acids is 1. The molecule has 37 heavy (non-hydrogen) atoms. The van der Waals surface area contributed by atoms with E-state index in [0.717, 1.165) is 24.3 Å². The van der Waals surface area contributed by atoms with Crippen LogP contribution in [0, 0.1) is 5.82 Å². The molecule has 0 aliphatic heterocycles. The largest absolute Gasteiger partial charge is 0.497 e. The Labute approximate surface area is 213 Å². The Kier molecular flexibility index (Phi) is 7.78. The van der Waals surface area contributed by atoms with Crippen molar-refractivity contribution in [1.29, 1.82) is 0 Å². The topological polar surface area (TPSA) is 95.3 Å². The summed E-state index contributed by atoms with van der Waals surface area (Å²) in [5, 5.41) is 0. The van der Waals surface area contributed by atoms with Gasteiger partial charge in [-0.25, -0.2) is 4.39 Å². The third kappa shape index (κ3) is 6.28. The normalized spacial score (nSPS) is 11.1. The molecule has 0 bridgehead atoms. The summed E-state index contributed by atoms with van der Waals surface area (Å²) in [6, 6.07) is 19.2. The maximum atomic E-state index is 13.4. The molecule has 0 unspecified atom stereocenters. The third-order valence-corrected chi connectivity index (χ3v) is 6.70. The molecule has 0 N–H and O–H groups in total. The number of rotatable bonds is 10. The highest BCUT2D eigenvalue weighted by Crippen LogP contribution is 2.32. The minimum Gasteiger partial charge on any atom is -0.497 e. The summed E-state index contributed by atoms with van der Waals surface area (Å²) in [6.45, 7) is 0.288. The van der Waals surface area contributed by atoms with Crippen LogP contribution in [-0.2, 0) is 23.2 Å². The lowest BCUT2D eigenvalue weighted by Gasteiger charge is -2.23. The van der Waals surface area contributed by atoms with Gasteiger partial charge in [0, 0.05) is 12.1 Å². The van der Waals surface area contributed by atoms with Gasteiger partial charge in [-0.1, -0.05) is 6.07 Å². The van der Waals surface area contributed by atoms with Crippen LogP contribution >= 0.6 is 0 Å². The molecule has 0 atom stereocenters. The Morgan fingerprint density at radius 2 is 1.62 bits per heavy atom. The number of halogens is 1. The molecule has 0 radical (unpaired) electrons. The minimum absolute atomic E-state index is 0.0702. The molecule has 0 aliphatic rings. The van der Waals surface area contributed by atoms with Gasteiger partial charge in [-0.05, 0) is 78.4 Å². The first kappa shape index (κ1) is 25.8. The summed E-state index contributed by atoms with van der Waals surface area (Å²) in [5.41, 5.74) is 1.02. The van der Waals surface area contributed by atoms with Gasteiger partial charge < -0.3 is 23.0 Å². The number of benzene rings is 3. The highest BCUT2D eigenvalue weighted by Gasteiger charge is 2.22. The van der Waals surface area contributed by atoms with E-state index in [-0.39, 0.29) is 35.4 Å². The first-order valence-corrected chi connectivity index (χ1v) is 12.5. The average Bonchev–Trinajstić information content (AvgIpc) is 3.41. The second-order valence-electron chi connectivity index (χ2n) is 7.95. The van der Waals surface area contributed by atoms with Crippen molar-refractivity contribution in [3.63, 3.8) is 0 Å². The van der Waals surface area contributed by atoms with Gasteiger partial charge in [-0.15, -0.1) is 0 Å². The minimum atomic E-state index is -4.27. The molecule has 4 aromatic rings. The Balaban J connectivity index is 1.63. The fraction of sp³-hybridized carbons (Fsp3) is 0.148. The van der Waals surface area contributed by atoms with E-state index in [0.29, 0.717) is 22.6 Å². The third-order valence-electron chi connectivity index (χ3n) is 5.45. The number of hydrogen-bond acceptors (Lipinski definition) is 7. The van der Waals surface area contributed by atoms with Gasteiger partial charge >= 0.3 is 10.1 Å². The van der Waals surface area contributed by atoms with Crippen molar-refractivity contribution in [2.24, 2.45) is 0 Å². The van der Waals surface area contributed by atoms with Gasteiger partial charge in [0.2, 0.25) is 0 Å². The van der Waals surface area contributed by atoms with Gasteiger partial charge in [0.05, 0.1) is 27.0 Å². The van der Waals surface area contributed by atoms with Crippen molar-refractivity contribution in [3.05, 3.63) is 108 Å². The van der Waals surface area contributed by atoms with Crippen molar-refractivity contribution in [2.75, 3.05) is 14.2 Å². The summed E-state index contributed by atoms with van der Waals surface area (Å²) in [6.07, 6.45) is 1.52. The molecule has 1 amide bonds. The lowest BCUT2D eigenvalue weighted by Crippen LogP contribution is -2.30. The lowest BCUT2D eigenvalue weighted by atomic mass is 10.1. The van der Waals surface area contributed by atoms with Crippen LogP contribution in [0.5, 0.6) is 17.2 Å². The molecule has 192 valence electrons. The maximum absolute atomic E-state index is 13.4. The summed E-state index contributed by atoms with van der Waals surface area (Å²) in [5.74, 6) is 0.458. The monoisotopic (exact) mass is 525 g/mol. The summed E-state index contributed by atoms with van der Waals surface area (Å²) < 4.78 is 60.0. The zero-order chi connectivity index (χ0) is 26.4. The fourth-order valence-corrected chi connectivity index (χ4v) is 4.51. The first-order valence-electron chi connectivity index (χ1n) is 11.1. The molecule has 3 aromatic carbocycles. The van der Waals surface area contributed by atoms with E-state index in [1.54, 1.807) is 60.5 Å². The Morgan fingerprint density at radius 3 is 2.24 bits per heavy atom. The zero-order valence-electron chi connectivity index (χ0n) is 20.1. The molecule has 8 nitrogen and oxygen atoms in total. The predicted octanol–water partition coefficient (Wildman–Crippen LogP) is 5.05. The van der Waals surface area contributed by atoms with E-state index in [9.17, 15) is 17.6 Å². The van der Waals surface area contributed by atoms with Crippen molar-refractivity contribution in [1.82, 2.24) is 4.90 Å². The summed E-state index contributed by atoms with van der Waals surface area (Å²) in [7, 11) is -1.35. The van der Waals surface area contributed by atoms with Gasteiger partial charge in [-0.2, -0.15) is 8.42 Å². The number of furan rings is 1. The van der Waals surface area contributed by atoms with Gasteiger partial charge in [-0.3, -0.25) is 4.79 Å². The molecule has 0 saturated heterocycles. The Hall–Kier alpha value is -4.31. The molecule has 1 heterocycles. The van der Waals surface area contributed by atoms with Crippen LogP contribution in [0.4, 0.5) is 4.39 Å². The average molecular weight is 526 g/mol. The maximum Gasteiger partial charge on any atom is 0.339 e. The number of methoxy groups -OCH3 is 2. The highest BCUT2D eigenvalue weighted by molar-refractivity contribution is 7.87. The van der Waals surface area contributed by atoms with E-state index in [4.69, 9.17) is 18.1 Å². The molecular weight excluding hydrogens is 501 g/mol. The van der Waals surface area contributed by atoms with Crippen LogP contribution in [0.2, 0.25) is 0 Å². The lowest BCUT2D eigenvalue weighted by molar-refractivity contribution is 0.0717. The van der Waals surface area contributed by atoms with Gasteiger partial charge in [0.1, 0.15) is 22.2 Å². The van der Waals surface area contributed by atoms with Crippen LogP contribution in [0.1, 0.15) is 21.7 Å². The van der Waals surface area contributed by atoms with E-state index >= 15 is 0 Å². The van der Waals surface area contributed by atoms with Crippen molar-refractivity contribution in [3.8, 4) is 17.2 Å². The molecule has 0 saturated carbocycles. The van der Waals surface area contributed by atoms with E-state index in [1.165, 1.54) is 19.4 Å². The smallest absolute Gasteiger partial charge is 0.339 e. The number of carbonyl (C=O) groups is 1. The Bertz CT molecular complexity index is 1450. The summed E-state index contributed by atoms with van der Waals surface area (Å²) >= 11 is 0. The quantitative estimate of drug-likeness (QED) is 0.268. The van der Waals surface area contributed by atoms with E-state index < -0.39 is 15.9 Å². The second kappa shape index (κ2) is 11.2. The number of nitrogens with zero attached hydrogens (tertiary/aromatic N) is 1. The standard InChI is InChI=1S/C27H24FNO7S/c1-33-22-10-6-20(7-11-22)27(30)29(18-23-4-3-15-35-23)17-19-5-14-25(34-2)26(16-19)36-37(31,32)24-12-8-21(28)9-13-24/h3-16H,17-18H2,1-2H3. The molecule has 10 heteroatoms. The fourth-order valence-electron chi connectivity index (χ4n) is 3.58. The van der Waals surface area contributed by atoms with Crippen LogP contribution in [-0.4, -0.2) is 33.4 Å². The highest BCUT2D eigenvalue weighted by atomic mass is 32.2. The SMILES string of the molecule is COc1ccc(C(=O)N(Cc2ccc(OC)c(OS(=O)(=O)c3ccc(F)cc3)c2)Cc2ccco2)cc1. The van der Waals surface area contributed by atoms with Crippen molar-refractivity contribution < 1.29 is 35.7 Å². The number of amides is 1. The zero-order valence-corrected chi connectivity index (χ0v) is 20.9. The predicted molar refractivity (Wildman–Crippen MR) is 132 cm³/mol. The van der Waals surface area contributed by atoms with Crippen LogP contribution in [0.3, 0.4) is 0 Å². The molecular formula is C27H24FNO7S. The van der Waals surface area contributed by atoms with Crippen LogP contribution < -0.4 is 13.7 Å². The van der Waals surface area contributed by atoms with Crippen molar-refractivity contribution >= 4 is 16.0 Å². The second-order valence-corrected chi connectivity index (χ2v) is 9.49. The van der Waals surface area contributed by atoms with Crippen LogP contribution in [0.25, 0.3) is 0 Å². The van der Waals surface area contributed by atoms with Gasteiger partial charge in [0.15, 0.2) is 11.5 Å².